The fraction of sp³-hybridized carbons (Fsp3) is 0.688. The molecular formula is C16H27N3O2. The van der Waals surface area contributed by atoms with Crippen LogP contribution >= 0.6 is 0 Å². The summed E-state index contributed by atoms with van der Waals surface area (Å²) in [6, 6.07) is 4.07. The molecule has 0 radical (unpaired) electrons. The van der Waals surface area contributed by atoms with E-state index in [1.165, 1.54) is 0 Å². The molecule has 1 fully saturated rings. The zero-order valence-electron chi connectivity index (χ0n) is 13.1. The van der Waals surface area contributed by atoms with Gasteiger partial charge in [0.15, 0.2) is 0 Å². The molecule has 5 heteroatoms. The molecule has 5 nitrogen and oxygen atoms in total. The lowest BCUT2D eigenvalue weighted by Crippen LogP contribution is -2.37. The number of aliphatic hydroxyl groups is 1. The van der Waals surface area contributed by atoms with Gasteiger partial charge in [0.2, 0.25) is 0 Å². The minimum absolute atomic E-state index is 0.00256. The van der Waals surface area contributed by atoms with Crippen molar-refractivity contribution in [2.45, 2.75) is 45.3 Å². The van der Waals surface area contributed by atoms with Gasteiger partial charge in [-0.2, -0.15) is 0 Å². The van der Waals surface area contributed by atoms with Crippen LogP contribution in [0.1, 0.15) is 49.6 Å². The highest BCUT2D eigenvalue weighted by Gasteiger charge is 2.16. The maximum atomic E-state index is 12.1. The largest absolute Gasteiger partial charge is 0.393 e. The lowest BCUT2D eigenvalue weighted by molar-refractivity contribution is 0.0816. The van der Waals surface area contributed by atoms with E-state index in [9.17, 15) is 9.90 Å². The fourth-order valence-corrected chi connectivity index (χ4v) is 2.77. The van der Waals surface area contributed by atoms with E-state index >= 15 is 0 Å². The molecule has 1 aliphatic heterocycles. The molecule has 1 aliphatic rings. The van der Waals surface area contributed by atoms with E-state index < -0.39 is 0 Å². The summed E-state index contributed by atoms with van der Waals surface area (Å²) >= 11 is 0. The molecule has 21 heavy (non-hydrogen) atoms. The first-order valence-corrected chi connectivity index (χ1v) is 7.93. The number of aromatic nitrogens is 1. The highest BCUT2D eigenvalue weighted by atomic mass is 16.3. The van der Waals surface area contributed by atoms with Crippen molar-refractivity contribution in [3.8, 4) is 0 Å². The number of hydrogen-bond acceptors (Lipinski definition) is 3. The number of nitrogens with zero attached hydrogens (tertiary/aromatic N) is 2. The smallest absolute Gasteiger partial charge is 0.267 e. The molecule has 0 saturated carbocycles. The van der Waals surface area contributed by atoms with Crippen LogP contribution in [0.4, 0.5) is 0 Å². The average Bonchev–Trinajstić information content (AvgIpc) is 2.95. The minimum atomic E-state index is -0.121. The van der Waals surface area contributed by atoms with Gasteiger partial charge in [-0.05, 0) is 51.8 Å². The molecule has 0 spiro atoms. The summed E-state index contributed by atoms with van der Waals surface area (Å²) in [7, 11) is 0. The van der Waals surface area contributed by atoms with E-state index in [1.807, 2.05) is 22.9 Å². The van der Waals surface area contributed by atoms with Crippen molar-refractivity contribution in [2.24, 2.45) is 0 Å². The third kappa shape index (κ3) is 4.58. The van der Waals surface area contributed by atoms with Crippen LogP contribution < -0.4 is 5.32 Å². The van der Waals surface area contributed by atoms with Gasteiger partial charge in [-0.15, -0.1) is 0 Å². The third-order valence-electron chi connectivity index (χ3n) is 4.06. The Morgan fingerprint density at radius 3 is 2.81 bits per heavy atom. The van der Waals surface area contributed by atoms with Gasteiger partial charge in [0, 0.05) is 31.9 Å². The van der Waals surface area contributed by atoms with Gasteiger partial charge in [0.25, 0.3) is 5.91 Å². The van der Waals surface area contributed by atoms with Gasteiger partial charge < -0.3 is 19.9 Å². The van der Waals surface area contributed by atoms with Crippen molar-refractivity contribution in [1.29, 1.82) is 0 Å². The second kappa shape index (κ2) is 7.61. The Balaban J connectivity index is 1.68. The number of hydrogen-bond donors (Lipinski definition) is 2. The average molecular weight is 293 g/mol. The van der Waals surface area contributed by atoms with Gasteiger partial charge in [-0.3, -0.25) is 4.79 Å². The van der Waals surface area contributed by atoms with Crippen molar-refractivity contribution in [3.63, 3.8) is 0 Å². The van der Waals surface area contributed by atoms with Crippen LogP contribution in [-0.2, 0) is 0 Å². The Kier molecular flexibility index (Phi) is 5.82. The predicted molar refractivity (Wildman–Crippen MR) is 83.4 cm³/mol. The van der Waals surface area contributed by atoms with E-state index in [0.29, 0.717) is 12.6 Å². The summed E-state index contributed by atoms with van der Waals surface area (Å²) in [5.74, 6) is 0.00256. The number of piperidine rings is 1. The predicted octanol–water partition coefficient (Wildman–Crippen LogP) is 1.65. The van der Waals surface area contributed by atoms with Crippen LogP contribution in [0.3, 0.4) is 0 Å². The number of carbonyl (C=O) groups excluding carboxylic acids is 1. The van der Waals surface area contributed by atoms with E-state index in [-0.39, 0.29) is 12.0 Å². The highest BCUT2D eigenvalue weighted by molar-refractivity contribution is 5.92. The number of carbonyl (C=O) groups is 1. The molecule has 1 amide bonds. The topological polar surface area (TPSA) is 57.5 Å². The standard InChI is InChI=1S/C16H27N3O2/c1-13(2)19-10-3-5-15(19)16(21)17-8-4-9-18-11-6-14(20)7-12-18/h3,5,10,13-14,20H,4,6-9,11-12H2,1-2H3,(H,17,21). The van der Waals surface area contributed by atoms with E-state index in [1.54, 1.807) is 0 Å². The summed E-state index contributed by atoms with van der Waals surface area (Å²) < 4.78 is 1.99. The van der Waals surface area contributed by atoms with Crippen LogP contribution in [0.25, 0.3) is 0 Å². The fourth-order valence-electron chi connectivity index (χ4n) is 2.77. The summed E-state index contributed by atoms with van der Waals surface area (Å²) in [5, 5.41) is 12.5. The van der Waals surface area contributed by atoms with Crippen LogP contribution in [0.2, 0.25) is 0 Å². The first-order valence-electron chi connectivity index (χ1n) is 7.93. The number of likely N-dealkylation sites (tertiary alicyclic amines) is 1. The molecule has 2 heterocycles. The van der Waals surface area contributed by atoms with Crippen LogP contribution in [0.15, 0.2) is 18.3 Å². The van der Waals surface area contributed by atoms with E-state index in [2.05, 4.69) is 24.1 Å². The molecule has 2 N–H and O–H groups in total. The second-order valence-corrected chi connectivity index (χ2v) is 6.08. The van der Waals surface area contributed by atoms with E-state index in [0.717, 1.165) is 44.6 Å². The maximum Gasteiger partial charge on any atom is 0.267 e. The summed E-state index contributed by atoms with van der Waals surface area (Å²) in [4.78, 5) is 14.5. The Labute approximate surface area is 126 Å². The van der Waals surface area contributed by atoms with Crippen molar-refractivity contribution in [3.05, 3.63) is 24.0 Å². The van der Waals surface area contributed by atoms with Crippen LogP contribution in [0, 0.1) is 0 Å². The lowest BCUT2D eigenvalue weighted by atomic mass is 10.1. The maximum absolute atomic E-state index is 12.1. The normalized spacial score (nSPS) is 17.3. The minimum Gasteiger partial charge on any atom is -0.393 e. The lowest BCUT2D eigenvalue weighted by Gasteiger charge is -2.29. The van der Waals surface area contributed by atoms with Crippen molar-refractivity contribution in [1.82, 2.24) is 14.8 Å². The zero-order valence-corrected chi connectivity index (χ0v) is 13.1. The van der Waals surface area contributed by atoms with Crippen molar-refractivity contribution >= 4 is 5.91 Å². The van der Waals surface area contributed by atoms with E-state index in [4.69, 9.17) is 0 Å². The Bertz CT molecular complexity index is 448. The van der Waals surface area contributed by atoms with Crippen LogP contribution in [0.5, 0.6) is 0 Å². The van der Waals surface area contributed by atoms with Gasteiger partial charge in [-0.1, -0.05) is 0 Å². The molecular weight excluding hydrogens is 266 g/mol. The molecule has 1 aromatic heterocycles. The first kappa shape index (κ1) is 16.0. The number of aliphatic hydroxyl groups excluding tert-OH is 1. The second-order valence-electron chi connectivity index (χ2n) is 6.08. The van der Waals surface area contributed by atoms with Crippen molar-refractivity contribution < 1.29 is 9.90 Å². The molecule has 118 valence electrons. The van der Waals surface area contributed by atoms with Gasteiger partial charge in [0.1, 0.15) is 5.69 Å². The monoisotopic (exact) mass is 293 g/mol. The summed E-state index contributed by atoms with van der Waals surface area (Å²) in [6.45, 7) is 7.75. The molecule has 0 unspecified atom stereocenters. The molecule has 1 saturated heterocycles. The van der Waals surface area contributed by atoms with Gasteiger partial charge in [-0.25, -0.2) is 0 Å². The van der Waals surface area contributed by atoms with Crippen LogP contribution in [-0.4, -0.2) is 52.8 Å². The van der Waals surface area contributed by atoms with Crippen molar-refractivity contribution in [2.75, 3.05) is 26.2 Å². The zero-order chi connectivity index (χ0) is 15.2. The SMILES string of the molecule is CC(C)n1cccc1C(=O)NCCCN1CCC(O)CC1. The third-order valence-corrected chi connectivity index (χ3v) is 4.06. The Morgan fingerprint density at radius 1 is 1.43 bits per heavy atom. The van der Waals surface area contributed by atoms with Gasteiger partial charge >= 0.3 is 0 Å². The molecule has 1 aromatic rings. The molecule has 0 bridgehead atoms. The quantitative estimate of drug-likeness (QED) is 0.784. The first-order chi connectivity index (χ1) is 10.1. The number of nitrogens with one attached hydrogen (secondary N) is 1. The summed E-state index contributed by atoms with van der Waals surface area (Å²) in [6.07, 6.45) is 4.51. The number of amides is 1. The Hall–Kier alpha value is -1.33. The highest BCUT2D eigenvalue weighted by Crippen LogP contribution is 2.11. The molecule has 0 aliphatic carbocycles. The summed E-state index contributed by atoms with van der Waals surface area (Å²) in [5.41, 5.74) is 0.728. The van der Waals surface area contributed by atoms with Gasteiger partial charge in [0.05, 0.1) is 6.10 Å². The number of rotatable bonds is 6. The molecule has 0 aromatic carbocycles. The Morgan fingerprint density at radius 2 is 2.14 bits per heavy atom. The molecule has 2 rings (SSSR count). The molecule has 0 atom stereocenters.